The molecule has 0 aliphatic heterocycles. The van der Waals surface area contributed by atoms with Gasteiger partial charge < -0.3 is 41.7 Å². The molecule has 16 nitrogen and oxygen atoms in total. The number of fused-ring (bicyclic) bond motifs is 2. The van der Waals surface area contributed by atoms with Crippen molar-refractivity contribution in [1.82, 2.24) is 31.1 Å². The molecule has 4 aromatic heterocycles. The first kappa shape index (κ1) is 30.1. The van der Waals surface area contributed by atoms with Gasteiger partial charge in [0.05, 0.1) is 24.3 Å². The first-order valence-corrected chi connectivity index (χ1v) is 6.34. The van der Waals surface area contributed by atoms with E-state index in [4.69, 9.17) is 0 Å². The first-order valence-electron chi connectivity index (χ1n) is 6.34. The Morgan fingerprint density at radius 3 is 1.45 bits per heavy atom. The van der Waals surface area contributed by atoms with E-state index >= 15 is 0 Å². The molecule has 4 heterocycles. The molecule has 0 aliphatic rings. The van der Waals surface area contributed by atoms with E-state index in [0.717, 1.165) is 0 Å². The van der Waals surface area contributed by atoms with Gasteiger partial charge in [-0.15, -0.1) is 10.4 Å². The Hall–Kier alpha value is -3.60. The molecule has 0 amide bonds. The van der Waals surface area contributed by atoms with E-state index in [1.54, 1.807) is 12.4 Å². The van der Waals surface area contributed by atoms with Crippen LogP contribution in [0.5, 0.6) is 0 Å². The topological polar surface area (TPSA) is 297 Å². The molecule has 0 saturated heterocycles. The zero-order chi connectivity index (χ0) is 17.1. The van der Waals surface area contributed by atoms with Crippen molar-refractivity contribution in [3.63, 3.8) is 0 Å². The van der Waals surface area contributed by atoms with Crippen LogP contribution < -0.4 is 29.7 Å². The minimum Gasteiger partial charge on any atom is -0.545 e. The third kappa shape index (κ3) is 6.21. The fourth-order valence-corrected chi connectivity index (χ4v) is 1.85. The molecule has 0 aromatic carbocycles. The zero-order valence-electron chi connectivity index (χ0n) is 14.2. The minimum absolute atomic E-state index is 0. The summed E-state index contributed by atoms with van der Waals surface area (Å²) in [5.74, 6) is -2.56. The van der Waals surface area contributed by atoms with Gasteiger partial charge in [0.1, 0.15) is 11.3 Å². The summed E-state index contributed by atoms with van der Waals surface area (Å²) >= 11 is 0. The molecule has 1 radical (unpaired) electrons. The molecule has 29 heavy (non-hydrogen) atoms. The molecule has 4 aromatic rings. The number of hydrogen-bond acceptors (Lipinski definition) is 8. The van der Waals surface area contributed by atoms with Crippen LogP contribution in [0.2, 0.25) is 0 Å². The van der Waals surface area contributed by atoms with Crippen LogP contribution in [0.1, 0.15) is 20.7 Å². The normalized spacial score (nSPS) is 8.55. The van der Waals surface area contributed by atoms with Crippen LogP contribution in [0, 0.1) is 0 Å². The van der Waals surface area contributed by atoms with Crippen LogP contribution >= 0.6 is 0 Å². The minimum atomic E-state index is -1.28. The van der Waals surface area contributed by atoms with Crippen molar-refractivity contribution < 1.29 is 67.8 Å². The number of carboxylic acid groups (broad SMARTS) is 2. The number of carbonyl (C=O) groups is 2. The van der Waals surface area contributed by atoms with E-state index in [2.05, 4.69) is 31.1 Å². The van der Waals surface area contributed by atoms with E-state index in [0.29, 0.717) is 0 Å². The van der Waals surface area contributed by atoms with Crippen molar-refractivity contribution in [3.8, 4) is 0 Å². The van der Waals surface area contributed by atoms with Crippen LogP contribution in [-0.2, 0) is 28.0 Å². The number of aromatic carboxylic acids is 2. The molecule has 0 fully saturated rings. The second-order valence-corrected chi connectivity index (χ2v) is 4.31. The van der Waals surface area contributed by atoms with Gasteiger partial charge in [0.25, 0.3) is 0 Å². The Morgan fingerprint density at radius 1 is 0.793 bits per heavy atom. The van der Waals surface area contributed by atoms with E-state index in [1.807, 2.05) is 0 Å². The number of carbonyl (C=O) groups excluding carboxylic acids is 2. The van der Waals surface area contributed by atoms with E-state index in [-0.39, 0.29) is 61.4 Å². The smallest absolute Gasteiger partial charge is 0.545 e. The Balaban J connectivity index is -0.000000398. The molecule has 0 aliphatic carbocycles. The SMILES string of the molecule is O.O.O=C([O-])c1ccc[n+]2[n-]nnc12.O=C([O-])c1ccc[n+]2[n-]nnc12.[Mn+2].[OH3+].[OH3+]. The van der Waals surface area contributed by atoms with Gasteiger partial charge in [-0.2, -0.15) is 0 Å². The predicted molar refractivity (Wildman–Crippen MR) is 82.7 cm³/mol. The number of pyridine rings is 2. The van der Waals surface area contributed by atoms with Crippen molar-refractivity contribution >= 4 is 23.2 Å². The first-order chi connectivity index (χ1) is 11.6. The molecule has 0 bridgehead atoms. The molecule has 10 N–H and O–H groups in total. The Morgan fingerprint density at radius 2 is 1.14 bits per heavy atom. The third-order valence-corrected chi connectivity index (χ3v) is 2.89. The monoisotopic (exact) mass is 455 g/mol. The largest absolute Gasteiger partial charge is 2.00 e. The van der Waals surface area contributed by atoms with Crippen LogP contribution in [0.15, 0.2) is 36.7 Å². The number of carboxylic acids is 2. The Kier molecular flexibility index (Phi) is 13.2. The molecule has 0 atom stereocenters. The molecule has 4 rings (SSSR count). The maximum absolute atomic E-state index is 10.5. The number of aromatic nitrogens is 8. The van der Waals surface area contributed by atoms with Gasteiger partial charge in [-0.05, 0) is 24.3 Å². The molecular formula is C12H16MnN8O8+2. The number of nitrogens with zero attached hydrogens (tertiary/aromatic N) is 8. The van der Waals surface area contributed by atoms with Crippen molar-refractivity contribution in [2.45, 2.75) is 0 Å². The molecular weight excluding hydrogens is 439 g/mol. The third-order valence-electron chi connectivity index (χ3n) is 2.89. The van der Waals surface area contributed by atoms with E-state index in [9.17, 15) is 19.8 Å². The molecule has 157 valence electrons. The van der Waals surface area contributed by atoms with Gasteiger partial charge in [0, 0.05) is 11.1 Å². The van der Waals surface area contributed by atoms with E-state index in [1.165, 1.54) is 33.3 Å². The Labute approximate surface area is 170 Å². The fourth-order valence-electron chi connectivity index (χ4n) is 1.85. The van der Waals surface area contributed by atoms with Crippen LogP contribution in [0.25, 0.3) is 11.3 Å². The van der Waals surface area contributed by atoms with Gasteiger partial charge in [-0.1, -0.05) is 10.4 Å². The van der Waals surface area contributed by atoms with Crippen molar-refractivity contribution in [3.05, 3.63) is 47.8 Å². The van der Waals surface area contributed by atoms with Crippen LogP contribution in [0.4, 0.5) is 0 Å². The van der Waals surface area contributed by atoms with Crippen LogP contribution in [-0.4, -0.2) is 43.5 Å². The molecule has 0 unspecified atom stereocenters. The summed E-state index contributed by atoms with van der Waals surface area (Å²) < 4.78 is 2.54. The standard InChI is InChI=1S/2C6H4N4O2.Mn.4H2O/c2*11-6(12)4-2-1-3-10-5(4)7-8-9-10;;;;;/h2*1-3H,(H,11,12);;4*1H2/q;;+2;;;;. The summed E-state index contributed by atoms with van der Waals surface area (Å²) in [7, 11) is 0. The molecule has 17 heteroatoms. The summed E-state index contributed by atoms with van der Waals surface area (Å²) in [5, 5.41) is 41.7. The van der Waals surface area contributed by atoms with Gasteiger partial charge >= 0.3 is 17.1 Å². The molecule has 0 spiro atoms. The summed E-state index contributed by atoms with van der Waals surface area (Å²) in [6.45, 7) is 0. The van der Waals surface area contributed by atoms with Gasteiger partial charge in [-0.3, -0.25) is 0 Å². The van der Waals surface area contributed by atoms with Gasteiger partial charge in [0.15, 0.2) is 0 Å². The van der Waals surface area contributed by atoms with Crippen molar-refractivity contribution in [2.75, 3.05) is 0 Å². The maximum atomic E-state index is 10.5. The second-order valence-electron chi connectivity index (χ2n) is 4.31. The average Bonchev–Trinajstić information content (AvgIpc) is 3.23. The van der Waals surface area contributed by atoms with Crippen molar-refractivity contribution in [1.29, 1.82) is 0 Å². The quantitative estimate of drug-likeness (QED) is 0.156. The Bertz CT molecular complexity index is 970. The van der Waals surface area contributed by atoms with Gasteiger partial charge in [0.2, 0.25) is 0 Å². The maximum Gasteiger partial charge on any atom is 2.00 e. The number of tetrazole rings is 2. The second kappa shape index (κ2) is 12.7. The van der Waals surface area contributed by atoms with Crippen LogP contribution in [0.3, 0.4) is 0 Å². The summed E-state index contributed by atoms with van der Waals surface area (Å²) in [6, 6.07) is 5.85. The summed E-state index contributed by atoms with van der Waals surface area (Å²) in [6.07, 6.45) is 3.11. The number of hydrogen-bond donors (Lipinski definition) is 0. The van der Waals surface area contributed by atoms with Crippen molar-refractivity contribution in [2.24, 2.45) is 0 Å². The van der Waals surface area contributed by atoms with E-state index < -0.39 is 11.9 Å². The molecule has 0 saturated carbocycles. The average molecular weight is 455 g/mol. The zero-order valence-corrected chi connectivity index (χ0v) is 15.4. The van der Waals surface area contributed by atoms with Gasteiger partial charge in [-0.25, -0.2) is 19.2 Å². The number of rotatable bonds is 2. The summed E-state index contributed by atoms with van der Waals surface area (Å²) in [4.78, 5) is 21.0. The fraction of sp³-hybridized carbons (Fsp3) is 0. The predicted octanol–water partition coefficient (Wildman–Crippen LogP) is -8.42. The summed E-state index contributed by atoms with van der Waals surface area (Å²) in [5.41, 5.74) is 0.361.